The first-order chi connectivity index (χ1) is 6.38. The predicted octanol–water partition coefficient (Wildman–Crippen LogP) is 1.53. The number of hydrazine groups is 1. The van der Waals surface area contributed by atoms with Gasteiger partial charge < -0.3 is 4.74 Å². The van der Waals surface area contributed by atoms with Gasteiger partial charge in [0.25, 0.3) is 0 Å². The molecule has 0 saturated heterocycles. The third-order valence-electron chi connectivity index (χ3n) is 2.24. The second kappa shape index (κ2) is 6.24. The van der Waals surface area contributed by atoms with E-state index in [1.807, 2.05) is 6.26 Å². The second-order valence-corrected chi connectivity index (χ2v) is 3.60. The molecule has 0 aromatic rings. The van der Waals surface area contributed by atoms with Crippen LogP contribution in [-0.2, 0) is 4.74 Å². The molecule has 0 fully saturated rings. The summed E-state index contributed by atoms with van der Waals surface area (Å²) in [4.78, 5) is 0. The quantitative estimate of drug-likeness (QED) is 0.406. The average molecular weight is 205 g/mol. The van der Waals surface area contributed by atoms with E-state index < -0.39 is 0 Å². The summed E-state index contributed by atoms with van der Waals surface area (Å²) in [6.07, 6.45) is 5.97. The molecule has 1 heterocycles. The van der Waals surface area contributed by atoms with Crippen LogP contribution in [0.5, 0.6) is 0 Å². The molecule has 0 radical (unpaired) electrons. The van der Waals surface area contributed by atoms with Gasteiger partial charge in [-0.05, 0) is 31.3 Å². The predicted molar refractivity (Wildman–Crippen MR) is 54.3 cm³/mol. The van der Waals surface area contributed by atoms with Crippen molar-refractivity contribution < 1.29 is 4.74 Å². The lowest BCUT2D eigenvalue weighted by Gasteiger charge is -2.22. The molecule has 0 bridgehead atoms. The lowest BCUT2D eigenvalue weighted by molar-refractivity contribution is 0.218. The number of nitrogens with one attached hydrogen (secondary N) is 1. The minimum Gasteiger partial charge on any atom is -0.501 e. The van der Waals surface area contributed by atoms with Crippen LogP contribution < -0.4 is 11.3 Å². The van der Waals surface area contributed by atoms with Crippen molar-refractivity contribution in [2.24, 2.45) is 5.84 Å². The fourth-order valence-corrected chi connectivity index (χ4v) is 1.65. The molecule has 1 unspecified atom stereocenters. The van der Waals surface area contributed by atoms with Gasteiger partial charge in [0, 0.05) is 11.9 Å². The summed E-state index contributed by atoms with van der Waals surface area (Å²) in [5.41, 5.74) is 4.06. The topological polar surface area (TPSA) is 47.3 Å². The van der Waals surface area contributed by atoms with E-state index >= 15 is 0 Å². The molecule has 76 valence electrons. The van der Waals surface area contributed by atoms with Gasteiger partial charge in [0.2, 0.25) is 0 Å². The third-order valence-corrected chi connectivity index (χ3v) is 2.50. The van der Waals surface area contributed by atoms with Crippen molar-refractivity contribution >= 4 is 11.6 Å². The van der Waals surface area contributed by atoms with Gasteiger partial charge in [-0.15, -0.1) is 11.6 Å². The molecule has 0 aromatic heterocycles. The van der Waals surface area contributed by atoms with E-state index in [2.05, 4.69) is 5.43 Å². The van der Waals surface area contributed by atoms with Crippen molar-refractivity contribution in [3.05, 3.63) is 11.8 Å². The molecule has 3 nitrogen and oxygen atoms in total. The zero-order chi connectivity index (χ0) is 9.52. The van der Waals surface area contributed by atoms with Crippen molar-refractivity contribution in [3.63, 3.8) is 0 Å². The van der Waals surface area contributed by atoms with Gasteiger partial charge in [0.05, 0.1) is 12.9 Å². The van der Waals surface area contributed by atoms with E-state index in [-0.39, 0.29) is 6.04 Å². The summed E-state index contributed by atoms with van der Waals surface area (Å²) >= 11 is 5.62. The Morgan fingerprint density at radius 2 is 2.54 bits per heavy atom. The molecule has 0 spiro atoms. The Morgan fingerprint density at radius 1 is 1.69 bits per heavy atom. The average Bonchev–Trinajstić information content (AvgIpc) is 2.21. The van der Waals surface area contributed by atoms with E-state index in [4.69, 9.17) is 22.2 Å². The van der Waals surface area contributed by atoms with E-state index in [9.17, 15) is 0 Å². The normalized spacial score (nSPS) is 19.1. The van der Waals surface area contributed by atoms with Gasteiger partial charge in [-0.3, -0.25) is 11.3 Å². The molecule has 0 aromatic carbocycles. The summed E-state index contributed by atoms with van der Waals surface area (Å²) in [7, 11) is 0. The maximum atomic E-state index is 5.62. The first kappa shape index (κ1) is 10.8. The minimum absolute atomic E-state index is 0.235. The maximum absolute atomic E-state index is 5.62. The minimum atomic E-state index is 0.235. The SMILES string of the molecule is NNC(CCCCl)C1=COCCC1. The zero-order valence-corrected chi connectivity index (χ0v) is 8.52. The zero-order valence-electron chi connectivity index (χ0n) is 7.76. The summed E-state index contributed by atoms with van der Waals surface area (Å²) in [6.45, 7) is 0.830. The van der Waals surface area contributed by atoms with Crippen LogP contribution in [0, 0.1) is 0 Å². The van der Waals surface area contributed by atoms with Crippen LogP contribution in [0.2, 0.25) is 0 Å². The van der Waals surface area contributed by atoms with Gasteiger partial charge in [-0.2, -0.15) is 0 Å². The highest BCUT2D eigenvalue weighted by atomic mass is 35.5. The number of ether oxygens (including phenoxy) is 1. The summed E-state index contributed by atoms with van der Waals surface area (Å²) in [5, 5.41) is 0. The van der Waals surface area contributed by atoms with Crippen molar-refractivity contribution in [3.8, 4) is 0 Å². The molecule has 0 saturated carbocycles. The molecule has 3 N–H and O–H groups in total. The van der Waals surface area contributed by atoms with Crippen LogP contribution in [0.1, 0.15) is 25.7 Å². The molecule has 0 aliphatic carbocycles. The number of alkyl halides is 1. The molecule has 13 heavy (non-hydrogen) atoms. The molecular weight excluding hydrogens is 188 g/mol. The molecule has 1 aliphatic rings. The van der Waals surface area contributed by atoms with Crippen LogP contribution in [0.3, 0.4) is 0 Å². The van der Waals surface area contributed by atoms with Crippen LogP contribution >= 0.6 is 11.6 Å². The highest BCUT2D eigenvalue weighted by Gasteiger charge is 2.14. The van der Waals surface area contributed by atoms with Crippen LogP contribution in [0.25, 0.3) is 0 Å². The molecule has 1 atom stereocenters. The second-order valence-electron chi connectivity index (χ2n) is 3.22. The summed E-state index contributed by atoms with van der Waals surface area (Å²) in [5.74, 6) is 6.14. The first-order valence-electron chi connectivity index (χ1n) is 4.71. The van der Waals surface area contributed by atoms with Gasteiger partial charge in [0.15, 0.2) is 0 Å². The Bertz CT molecular complexity index is 173. The van der Waals surface area contributed by atoms with Crippen molar-refractivity contribution in [1.29, 1.82) is 0 Å². The molecule has 1 aliphatic heterocycles. The number of hydrogen-bond acceptors (Lipinski definition) is 3. The lowest BCUT2D eigenvalue weighted by Crippen LogP contribution is -2.37. The van der Waals surface area contributed by atoms with E-state index in [1.54, 1.807) is 0 Å². The lowest BCUT2D eigenvalue weighted by atomic mass is 9.99. The third kappa shape index (κ3) is 3.55. The smallest absolute Gasteiger partial charge is 0.0876 e. The van der Waals surface area contributed by atoms with Gasteiger partial charge in [-0.25, -0.2) is 0 Å². The fourth-order valence-electron chi connectivity index (χ4n) is 1.50. The Hall–Kier alpha value is -0.250. The molecule has 0 amide bonds. The Labute approximate surface area is 84.2 Å². The van der Waals surface area contributed by atoms with Crippen LogP contribution in [0.4, 0.5) is 0 Å². The van der Waals surface area contributed by atoms with Gasteiger partial charge in [0.1, 0.15) is 0 Å². The van der Waals surface area contributed by atoms with Gasteiger partial charge in [-0.1, -0.05) is 0 Å². The highest BCUT2D eigenvalue weighted by molar-refractivity contribution is 6.17. The van der Waals surface area contributed by atoms with Gasteiger partial charge >= 0.3 is 0 Å². The number of nitrogens with two attached hydrogens (primary N) is 1. The first-order valence-corrected chi connectivity index (χ1v) is 5.24. The Kier molecular flexibility index (Phi) is 5.20. The fraction of sp³-hybridized carbons (Fsp3) is 0.778. The Morgan fingerprint density at radius 3 is 3.08 bits per heavy atom. The van der Waals surface area contributed by atoms with Crippen LogP contribution in [0.15, 0.2) is 11.8 Å². The molecule has 1 rings (SSSR count). The monoisotopic (exact) mass is 204 g/mol. The maximum Gasteiger partial charge on any atom is 0.0876 e. The largest absolute Gasteiger partial charge is 0.501 e. The number of halogens is 1. The van der Waals surface area contributed by atoms with E-state index in [1.165, 1.54) is 5.57 Å². The highest BCUT2D eigenvalue weighted by Crippen LogP contribution is 2.18. The van der Waals surface area contributed by atoms with E-state index in [0.29, 0.717) is 5.88 Å². The Balaban J connectivity index is 2.39. The number of rotatable bonds is 5. The van der Waals surface area contributed by atoms with Crippen molar-refractivity contribution in [2.45, 2.75) is 31.7 Å². The summed E-state index contributed by atoms with van der Waals surface area (Å²) in [6, 6.07) is 0.235. The number of hydrogen-bond donors (Lipinski definition) is 2. The van der Waals surface area contributed by atoms with E-state index in [0.717, 1.165) is 32.3 Å². The summed E-state index contributed by atoms with van der Waals surface area (Å²) < 4.78 is 5.25. The standard InChI is InChI=1S/C9H17ClN2O/c10-5-1-4-9(12-11)8-3-2-6-13-7-8/h7,9,12H,1-6,11H2. The molecular formula is C9H17ClN2O. The van der Waals surface area contributed by atoms with Crippen molar-refractivity contribution in [2.75, 3.05) is 12.5 Å². The van der Waals surface area contributed by atoms with Crippen molar-refractivity contribution in [1.82, 2.24) is 5.43 Å². The van der Waals surface area contributed by atoms with Crippen LogP contribution in [-0.4, -0.2) is 18.5 Å². The molecule has 4 heteroatoms.